The van der Waals surface area contributed by atoms with Crippen molar-refractivity contribution in [3.05, 3.63) is 70.3 Å². The molecule has 2 aliphatic rings. The Labute approximate surface area is 179 Å². The maximum absolute atomic E-state index is 13.0. The maximum atomic E-state index is 13.0. The molecule has 2 atom stereocenters. The van der Waals surface area contributed by atoms with Gasteiger partial charge in [0.15, 0.2) is 0 Å². The van der Waals surface area contributed by atoms with Crippen LogP contribution in [0.15, 0.2) is 54.1 Å². The summed E-state index contributed by atoms with van der Waals surface area (Å²) in [6.07, 6.45) is 1.59. The van der Waals surface area contributed by atoms with Crippen LogP contribution in [0.3, 0.4) is 0 Å². The lowest BCUT2D eigenvalue weighted by Crippen LogP contribution is -2.36. The smallest absolute Gasteiger partial charge is 0.295 e. The molecule has 2 fully saturated rings. The number of ketones is 1. The molecule has 2 heterocycles. The normalized spacial score (nSPS) is 23.2. The third-order valence-electron chi connectivity index (χ3n) is 5.53. The molecule has 2 aliphatic heterocycles. The fourth-order valence-electron chi connectivity index (χ4n) is 4.00. The van der Waals surface area contributed by atoms with E-state index in [4.69, 9.17) is 21.1 Å². The van der Waals surface area contributed by atoms with Gasteiger partial charge in [-0.1, -0.05) is 29.8 Å². The SMILES string of the molecule is COc1ccc(C(O)=C2C(=O)C(=O)N(C[C@@H]3CCCO3)[C@@H]2c2ccccc2Cl)cc1. The number of halogens is 1. The lowest BCUT2D eigenvalue weighted by Gasteiger charge is -2.28. The summed E-state index contributed by atoms with van der Waals surface area (Å²) in [4.78, 5) is 27.4. The number of ether oxygens (including phenoxy) is 2. The molecule has 2 aromatic rings. The predicted molar refractivity (Wildman–Crippen MR) is 112 cm³/mol. The largest absolute Gasteiger partial charge is 0.507 e. The van der Waals surface area contributed by atoms with Crippen LogP contribution >= 0.6 is 11.6 Å². The standard InChI is InChI=1S/C23H22ClNO5/c1-29-15-10-8-14(9-11-15)21(26)19-20(17-6-2-3-7-18(17)24)25(23(28)22(19)27)13-16-5-4-12-30-16/h2-3,6-11,16,20,26H,4-5,12-13H2,1H3/t16-,20+/m0/s1. The Balaban J connectivity index is 1.82. The van der Waals surface area contributed by atoms with Crippen molar-refractivity contribution in [2.75, 3.05) is 20.3 Å². The second kappa shape index (κ2) is 8.50. The highest BCUT2D eigenvalue weighted by Gasteiger charge is 2.47. The molecule has 1 amide bonds. The minimum atomic E-state index is -0.787. The third kappa shape index (κ3) is 3.68. The second-order valence-corrected chi connectivity index (χ2v) is 7.74. The van der Waals surface area contributed by atoms with Gasteiger partial charge in [0.2, 0.25) is 0 Å². The molecule has 2 aromatic carbocycles. The lowest BCUT2D eigenvalue weighted by molar-refractivity contribution is -0.140. The molecule has 0 unspecified atom stereocenters. The molecule has 0 aromatic heterocycles. The highest BCUT2D eigenvalue weighted by Crippen LogP contribution is 2.42. The van der Waals surface area contributed by atoms with E-state index in [1.54, 1.807) is 55.6 Å². The number of likely N-dealkylation sites (tertiary alicyclic amines) is 1. The van der Waals surface area contributed by atoms with Crippen molar-refractivity contribution >= 4 is 29.1 Å². The number of carbonyl (C=O) groups excluding carboxylic acids is 2. The first kappa shape index (κ1) is 20.4. The molecule has 1 N–H and O–H groups in total. The summed E-state index contributed by atoms with van der Waals surface area (Å²) in [7, 11) is 1.54. The molecule has 30 heavy (non-hydrogen) atoms. The van der Waals surface area contributed by atoms with Gasteiger partial charge in [-0.25, -0.2) is 0 Å². The fraction of sp³-hybridized carbons (Fsp3) is 0.304. The summed E-state index contributed by atoms with van der Waals surface area (Å²) in [5.41, 5.74) is 1.03. The van der Waals surface area contributed by atoms with Crippen molar-refractivity contribution in [3.8, 4) is 5.75 Å². The zero-order valence-corrected chi connectivity index (χ0v) is 17.3. The maximum Gasteiger partial charge on any atom is 0.295 e. The van der Waals surface area contributed by atoms with E-state index in [1.807, 2.05) is 0 Å². The highest BCUT2D eigenvalue weighted by atomic mass is 35.5. The molecular formula is C23H22ClNO5. The number of aliphatic hydroxyl groups is 1. The van der Waals surface area contributed by atoms with Crippen LogP contribution in [0.4, 0.5) is 0 Å². The summed E-state index contributed by atoms with van der Waals surface area (Å²) >= 11 is 6.44. The summed E-state index contributed by atoms with van der Waals surface area (Å²) in [6.45, 7) is 0.900. The Morgan fingerprint density at radius 2 is 1.93 bits per heavy atom. The molecule has 0 bridgehead atoms. The first-order chi connectivity index (χ1) is 14.5. The van der Waals surface area contributed by atoms with E-state index in [0.29, 0.717) is 28.5 Å². The molecule has 0 aliphatic carbocycles. The summed E-state index contributed by atoms with van der Waals surface area (Å²) < 4.78 is 10.8. The molecule has 0 radical (unpaired) electrons. The first-order valence-electron chi connectivity index (χ1n) is 9.80. The molecular weight excluding hydrogens is 406 g/mol. The number of amides is 1. The van der Waals surface area contributed by atoms with E-state index < -0.39 is 17.7 Å². The minimum Gasteiger partial charge on any atom is -0.507 e. The monoisotopic (exact) mass is 427 g/mol. The van der Waals surface area contributed by atoms with Crippen molar-refractivity contribution in [1.29, 1.82) is 0 Å². The van der Waals surface area contributed by atoms with Crippen LogP contribution < -0.4 is 4.74 Å². The zero-order chi connectivity index (χ0) is 21.3. The average Bonchev–Trinajstić information content (AvgIpc) is 3.36. The van der Waals surface area contributed by atoms with Crippen molar-refractivity contribution in [1.82, 2.24) is 4.90 Å². The molecule has 0 spiro atoms. The number of hydrogen-bond donors (Lipinski definition) is 1. The topological polar surface area (TPSA) is 76.1 Å². The first-order valence-corrected chi connectivity index (χ1v) is 10.2. The second-order valence-electron chi connectivity index (χ2n) is 7.34. The number of hydrogen-bond acceptors (Lipinski definition) is 5. The molecule has 7 heteroatoms. The van der Waals surface area contributed by atoms with Gasteiger partial charge in [0, 0.05) is 23.7 Å². The van der Waals surface area contributed by atoms with Crippen LogP contribution in [-0.4, -0.2) is 48.1 Å². The van der Waals surface area contributed by atoms with Crippen LogP contribution in [-0.2, 0) is 14.3 Å². The number of methoxy groups -OCH3 is 1. The molecule has 156 valence electrons. The van der Waals surface area contributed by atoms with Crippen LogP contribution in [0, 0.1) is 0 Å². The van der Waals surface area contributed by atoms with Gasteiger partial charge in [-0.05, 0) is 48.7 Å². The Morgan fingerprint density at radius 1 is 1.20 bits per heavy atom. The molecule has 2 saturated heterocycles. The summed E-state index contributed by atoms with van der Waals surface area (Å²) in [6, 6.07) is 12.9. The Kier molecular flexibility index (Phi) is 5.79. The molecule has 0 saturated carbocycles. The summed E-state index contributed by atoms with van der Waals surface area (Å²) in [5, 5.41) is 11.5. The van der Waals surface area contributed by atoms with Gasteiger partial charge in [-0.15, -0.1) is 0 Å². The highest BCUT2D eigenvalue weighted by molar-refractivity contribution is 6.47. The predicted octanol–water partition coefficient (Wildman–Crippen LogP) is 3.95. The van der Waals surface area contributed by atoms with Gasteiger partial charge in [0.25, 0.3) is 11.7 Å². The van der Waals surface area contributed by atoms with Crippen LogP contribution in [0.2, 0.25) is 5.02 Å². The van der Waals surface area contributed by atoms with E-state index in [9.17, 15) is 14.7 Å². The zero-order valence-electron chi connectivity index (χ0n) is 16.5. The van der Waals surface area contributed by atoms with Crippen LogP contribution in [0.25, 0.3) is 5.76 Å². The molecule has 4 rings (SSSR count). The van der Waals surface area contributed by atoms with E-state index in [2.05, 4.69) is 0 Å². The van der Waals surface area contributed by atoms with Gasteiger partial charge in [-0.3, -0.25) is 9.59 Å². The van der Waals surface area contributed by atoms with Crippen LogP contribution in [0.1, 0.15) is 30.0 Å². The van der Waals surface area contributed by atoms with Gasteiger partial charge in [0.05, 0.1) is 24.8 Å². The number of rotatable bonds is 5. The number of aliphatic hydroxyl groups excluding tert-OH is 1. The van der Waals surface area contributed by atoms with E-state index in [-0.39, 0.29) is 24.0 Å². The van der Waals surface area contributed by atoms with E-state index >= 15 is 0 Å². The quantitative estimate of drug-likeness (QED) is 0.444. The van der Waals surface area contributed by atoms with Crippen molar-refractivity contribution in [2.45, 2.75) is 25.0 Å². The number of nitrogens with zero attached hydrogens (tertiary/aromatic N) is 1. The number of benzene rings is 2. The Bertz CT molecular complexity index is 995. The van der Waals surface area contributed by atoms with Crippen LogP contribution in [0.5, 0.6) is 5.75 Å². The fourth-order valence-corrected chi connectivity index (χ4v) is 4.24. The van der Waals surface area contributed by atoms with Gasteiger partial charge in [0.1, 0.15) is 11.5 Å². The Morgan fingerprint density at radius 3 is 2.57 bits per heavy atom. The number of carbonyl (C=O) groups is 2. The number of Topliss-reactive ketones (excluding diaryl/α,β-unsaturated/α-hetero) is 1. The summed E-state index contributed by atoms with van der Waals surface area (Å²) in [5.74, 6) is -1.01. The lowest BCUT2D eigenvalue weighted by atomic mass is 9.95. The van der Waals surface area contributed by atoms with E-state index in [0.717, 1.165) is 12.8 Å². The molecule has 6 nitrogen and oxygen atoms in total. The van der Waals surface area contributed by atoms with Gasteiger partial charge >= 0.3 is 0 Å². The van der Waals surface area contributed by atoms with E-state index in [1.165, 1.54) is 4.90 Å². The third-order valence-corrected chi connectivity index (χ3v) is 5.87. The van der Waals surface area contributed by atoms with Gasteiger partial charge < -0.3 is 19.5 Å². The van der Waals surface area contributed by atoms with Crippen molar-refractivity contribution in [2.24, 2.45) is 0 Å². The van der Waals surface area contributed by atoms with Gasteiger partial charge in [-0.2, -0.15) is 0 Å². The van der Waals surface area contributed by atoms with Crippen molar-refractivity contribution in [3.63, 3.8) is 0 Å². The van der Waals surface area contributed by atoms with Crippen molar-refractivity contribution < 1.29 is 24.2 Å². The Hall–Kier alpha value is -2.83. The minimum absolute atomic E-state index is 0.0243. The average molecular weight is 428 g/mol.